The highest BCUT2D eigenvalue weighted by molar-refractivity contribution is 5.24. The lowest BCUT2D eigenvalue weighted by Crippen LogP contribution is -2.22. The number of nitrogens with one attached hydrogen (secondary N) is 1. The molecule has 0 aliphatic rings. The van der Waals surface area contributed by atoms with Gasteiger partial charge >= 0.3 is 5.88 Å². The van der Waals surface area contributed by atoms with Crippen molar-refractivity contribution in [3.8, 4) is 0 Å². The highest BCUT2D eigenvalue weighted by atomic mass is 16.6. The van der Waals surface area contributed by atoms with Crippen LogP contribution < -0.4 is 5.32 Å². The lowest BCUT2D eigenvalue weighted by Gasteiger charge is -2.13. The van der Waals surface area contributed by atoms with Gasteiger partial charge in [0.15, 0.2) is 0 Å². The average Bonchev–Trinajstić information content (AvgIpc) is 3.00. The molecule has 2 aromatic heterocycles. The molecule has 0 amide bonds. The lowest BCUT2D eigenvalue weighted by atomic mass is 10.1. The maximum atomic E-state index is 10.6. The minimum Gasteiger partial charge on any atom is -0.467 e. The van der Waals surface area contributed by atoms with Gasteiger partial charge in [0.1, 0.15) is 22.5 Å². The van der Waals surface area contributed by atoms with Crippen LogP contribution in [0.15, 0.2) is 39.4 Å². The molecular formula is C12H14N2O4. The van der Waals surface area contributed by atoms with Gasteiger partial charge in [-0.1, -0.05) is 6.92 Å². The average molecular weight is 250 g/mol. The van der Waals surface area contributed by atoms with Crippen LogP contribution in [-0.2, 0) is 0 Å². The Labute approximate surface area is 104 Å². The smallest absolute Gasteiger partial charge is 0.433 e. The summed E-state index contributed by atoms with van der Waals surface area (Å²) in [6.45, 7) is 2.80. The van der Waals surface area contributed by atoms with E-state index in [1.165, 1.54) is 6.07 Å². The van der Waals surface area contributed by atoms with Crippen LogP contribution in [0.5, 0.6) is 0 Å². The molecule has 96 valence electrons. The van der Waals surface area contributed by atoms with Gasteiger partial charge in [-0.05, 0) is 31.2 Å². The summed E-state index contributed by atoms with van der Waals surface area (Å²) < 4.78 is 10.5. The van der Waals surface area contributed by atoms with Gasteiger partial charge in [-0.3, -0.25) is 10.1 Å². The standard InChI is InChI=1S/C12H14N2O4/c1-2-7-13-12(9-4-3-8-17-9)10-5-6-11(18-10)14(15)16/h3-6,8,12-13H,2,7H2,1H3. The van der Waals surface area contributed by atoms with Gasteiger partial charge in [0.25, 0.3) is 0 Å². The summed E-state index contributed by atoms with van der Waals surface area (Å²) in [5.74, 6) is 0.887. The zero-order chi connectivity index (χ0) is 13.0. The summed E-state index contributed by atoms with van der Waals surface area (Å²) in [5, 5.41) is 13.8. The van der Waals surface area contributed by atoms with Gasteiger partial charge in [-0.25, -0.2) is 0 Å². The molecule has 0 saturated heterocycles. The fraction of sp³-hybridized carbons (Fsp3) is 0.333. The van der Waals surface area contributed by atoms with Crippen molar-refractivity contribution in [2.24, 2.45) is 0 Å². The van der Waals surface area contributed by atoms with Crippen LogP contribution in [0.25, 0.3) is 0 Å². The molecule has 6 nitrogen and oxygen atoms in total. The van der Waals surface area contributed by atoms with Gasteiger partial charge in [0.05, 0.1) is 12.3 Å². The van der Waals surface area contributed by atoms with Gasteiger partial charge in [0.2, 0.25) is 0 Å². The van der Waals surface area contributed by atoms with E-state index in [1.807, 2.05) is 13.0 Å². The predicted octanol–water partition coefficient (Wildman–Crippen LogP) is 2.87. The van der Waals surface area contributed by atoms with E-state index in [9.17, 15) is 10.1 Å². The minimum absolute atomic E-state index is 0.264. The first kappa shape index (κ1) is 12.4. The van der Waals surface area contributed by atoms with Crippen LogP contribution in [0, 0.1) is 10.1 Å². The quantitative estimate of drug-likeness (QED) is 0.629. The fourth-order valence-electron chi connectivity index (χ4n) is 1.68. The van der Waals surface area contributed by atoms with E-state index in [2.05, 4.69) is 5.32 Å². The summed E-state index contributed by atoms with van der Waals surface area (Å²) in [4.78, 5) is 10.1. The van der Waals surface area contributed by atoms with E-state index >= 15 is 0 Å². The highest BCUT2D eigenvalue weighted by Crippen LogP contribution is 2.27. The molecule has 0 spiro atoms. The Hall–Kier alpha value is -2.08. The van der Waals surface area contributed by atoms with E-state index < -0.39 is 4.92 Å². The molecule has 0 radical (unpaired) electrons. The fourth-order valence-corrected chi connectivity index (χ4v) is 1.68. The topological polar surface area (TPSA) is 81.5 Å². The van der Waals surface area contributed by atoms with Crippen molar-refractivity contribution in [3.63, 3.8) is 0 Å². The van der Waals surface area contributed by atoms with Gasteiger partial charge in [-0.15, -0.1) is 0 Å². The second-order valence-corrected chi connectivity index (χ2v) is 3.84. The molecule has 1 N–H and O–H groups in total. The molecule has 0 aliphatic carbocycles. The maximum Gasteiger partial charge on any atom is 0.433 e. The second kappa shape index (κ2) is 5.50. The Kier molecular flexibility index (Phi) is 3.78. The highest BCUT2D eigenvalue weighted by Gasteiger charge is 2.22. The third-order valence-corrected chi connectivity index (χ3v) is 2.50. The Balaban J connectivity index is 2.24. The monoisotopic (exact) mass is 250 g/mol. The summed E-state index contributed by atoms with van der Waals surface area (Å²) >= 11 is 0. The first-order valence-corrected chi connectivity index (χ1v) is 5.73. The maximum absolute atomic E-state index is 10.6. The largest absolute Gasteiger partial charge is 0.467 e. The van der Waals surface area contributed by atoms with Crippen molar-refractivity contribution in [3.05, 3.63) is 52.2 Å². The van der Waals surface area contributed by atoms with E-state index in [0.29, 0.717) is 11.5 Å². The molecule has 0 fully saturated rings. The number of nitrogens with zero attached hydrogens (tertiary/aromatic N) is 1. The zero-order valence-electron chi connectivity index (χ0n) is 9.96. The van der Waals surface area contributed by atoms with Gasteiger partial charge in [-0.2, -0.15) is 0 Å². The molecule has 1 unspecified atom stereocenters. The molecule has 0 aromatic carbocycles. The third kappa shape index (κ3) is 2.60. The van der Waals surface area contributed by atoms with Crippen LogP contribution in [0.2, 0.25) is 0 Å². The molecule has 1 atom stereocenters. The third-order valence-electron chi connectivity index (χ3n) is 2.50. The van der Waals surface area contributed by atoms with Crippen molar-refractivity contribution < 1.29 is 13.8 Å². The summed E-state index contributed by atoms with van der Waals surface area (Å²) in [6.07, 6.45) is 2.51. The number of hydrogen-bond acceptors (Lipinski definition) is 5. The van der Waals surface area contributed by atoms with Crippen LogP contribution in [0.1, 0.15) is 30.9 Å². The predicted molar refractivity (Wildman–Crippen MR) is 64.2 cm³/mol. The van der Waals surface area contributed by atoms with Crippen LogP contribution >= 0.6 is 0 Å². The van der Waals surface area contributed by atoms with Crippen molar-refractivity contribution in [1.82, 2.24) is 5.32 Å². The second-order valence-electron chi connectivity index (χ2n) is 3.84. The Morgan fingerprint density at radius 3 is 2.78 bits per heavy atom. The molecule has 0 aliphatic heterocycles. The minimum atomic E-state index is -0.553. The number of rotatable bonds is 6. The van der Waals surface area contributed by atoms with Crippen LogP contribution in [-0.4, -0.2) is 11.5 Å². The molecule has 2 heterocycles. The molecular weight excluding hydrogens is 236 g/mol. The molecule has 0 bridgehead atoms. The molecule has 0 saturated carbocycles. The normalized spacial score (nSPS) is 12.5. The molecule has 2 rings (SSSR count). The van der Waals surface area contributed by atoms with E-state index in [-0.39, 0.29) is 11.9 Å². The van der Waals surface area contributed by atoms with E-state index in [4.69, 9.17) is 8.83 Å². The van der Waals surface area contributed by atoms with Crippen molar-refractivity contribution in [2.45, 2.75) is 19.4 Å². The first-order valence-electron chi connectivity index (χ1n) is 5.73. The SMILES string of the molecule is CCCNC(c1ccco1)c1ccc([N+](=O)[O-])o1. The van der Waals surface area contributed by atoms with Crippen molar-refractivity contribution >= 4 is 5.88 Å². The molecule has 2 aromatic rings. The Morgan fingerprint density at radius 2 is 2.22 bits per heavy atom. The van der Waals surface area contributed by atoms with Gasteiger partial charge < -0.3 is 14.2 Å². The van der Waals surface area contributed by atoms with E-state index in [1.54, 1.807) is 18.4 Å². The number of hydrogen-bond donors (Lipinski definition) is 1. The Bertz CT molecular complexity index is 504. The zero-order valence-corrected chi connectivity index (χ0v) is 9.96. The summed E-state index contributed by atoms with van der Waals surface area (Å²) in [7, 11) is 0. The molecule has 18 heavy (non-hydrogen) atoms. The summed E-state index contributed by atoms with van der Waals surface area (Å²) in [6, 6.07) is 6.22. The van der Waals surface area contributed by atoms with Crippen LogP contribution in [0.3, 0.4) is 0 Å². The Morgan fingerprint density at radius 1 is 1.39 bits per heavy atom. The van der Waals surface area contributed by atoms with Crippen LogP contribution in [0.4, 0.5) is 5.88 Å². The first-order chi connectivity index (χ1) is 8.72. The summed E-state index contributed by atoms with van der Waals surface area (Å²) in [5.41, 5.74) is 0. The molecule has 6 heteroatoms. The number of furan rings is 2. The number of nitro groups is 1. The van der Waals surface area contributed by atoms with E-state index in [0.717, 1.165) is 13.0 Å². The lowest BCUT2D eigenvalue weighted by molar-refractivity contribution is -0.402. The van der Waals surface area contributed by atoms with Gasteiger partial charge in [0, 0.05) is 0 Å². The van der Waals surface area contributed by atoms with Crippen molar-refractivity contribution in [1.29, 1.82) is 0 Å². The van der Waals surface area contributed by atoms with Crippen molar-refractivity contribution in [2.75, 3.05) is 6.54 Å².